The molecule has 0 aliphatic rings. The first kappa shape index (κ1) is 12.0. The molecule has 1 heteroatoms. The molecule has 0 heterocycles. The first-order valence-corrected chi connectivity index (χ1v) is 5.21. The van der Waals surface area contributed by atoms with Crippen molar-refractivity contribution in [2.45, 2.75) is 59.9 Å². The SMILES string of the molecule is CCCC(C)(C)CCNC(C)C. The van der Waals surface area contributed by atoms with E-state index in [9.17, 15) is 0 Å². The second kappa shape index (κ2) is 5.58. The molecule has 0 aliphatic carbocycles. The monoisotopic (exact) mass is 171 g/mol. The van der Waals surface area contributed by atoms with Crippen LogP contribution in [0.3, 0.4) is 0 Å². The van der Waals surface area contributed by atoms with Crippen molar-refractivity contribution in [1.29, 1.82) is 0 Å². The predicted molar refractivity (Wildman–Crippen MR) is 56.4 cm³/mol. The van der Waals surface area contributed by atoms with E-state index in [-0.39, 0.29) is 0 Å². The Morgan fingerprint density at radius 1 is 1.17 bits per heavy atom. The van der Waals surface area contributed by atoms with Crippen LogP contribution in [0.4, 0.5) is 0 Å². The van der Waals surface area contributed by atoms with Gasteiger partial charge in [-0.2, -0.15) is 0 Å². The van der Waals surface area contributed by atoms with Crippen molar-refractivity contribution < 1.29 is 0 Å². The summed E-state index contributed by atoms with van der Waals surface area (Å²) in [5, 5.41) is 3.46. The zero-order chi connectivity index (χ0) is 9.61. The van der Waals surface area contributed by atoms with Crippen LogP contribution in [0.1, 0.15) is 53.9 Å². The Balaban J connectivity index is 3.46. The molecule has 0 aromatic rings. The van der Waals surface area contributed by atoms with E-state index in [2.05, 4.69) is 39.9 Å². The van der Waals surface area contributed by atoms with Gasteiger partial charge in [-0.25, -0.2) is 0 Å². The fraction of sp³-hybridized carbons (Fsp3) is 1.00. The van der Waals surface area contributed by atoms with Crippen molar-refractivity contribution >= 4 is 0 Å². The van der Waals surface area contributed by atoms with Crippen LogP contribution in [-0.4, -0.2) is 12.6 Å². The van der Waals surface area contributed by atoms with Gasteiger partial charge in [0, 0.05) is 6.04 Å². The summed E-state index contributed by atoms with van der Waals surface area (Å²) in [7, 11) is 0. The Labute approximate surface area is 77.9 Å². The molecular formula is C11H25N. The summed E-state index contributed by atoms with van der Waals surface area (Å²) in [4.78, 5) is 0. The number of hydrogen-bond donors (Lipinski definition) is 1. The number of rotatable bonds is 6. The molecular weight excluding hydrogens is 146 g/mol. The van der Waals surface area contributed by atoms with E-state index in [1.165, 1.54) is 19.3 Å². The summed E-state index contributed by atoms with van der Waals surface area (Å²) in [5.74, 6) is 0. The Kier molecular flexibility index (Phi) is 5.56. The largest absolute Gasteiger partial charge is 0.315 e. The van der Waals surface area contributed by atoms with E-state index >= 15 is 0 Å². The van der Waals surface area contributed by atoms with Crippen LogP contribution in [0.2, 0.25) is 0 Å². The summed E-state index contributed by atoms with van der Waals surface area (Å²) in [6.07, 6.45) is 3.93. The van der Waals surface area contributed by atoms with Crippen LogP contribution in [0, 0.1) is 5.41 Å². The highest BCUT2D eigenvalue weighted by Crippen LogP contribution is 2.25. The lowest BCUT2D eigenvalue weighted by atomic mass is 9.84. The lowest BCUT2D eigenvalue weighted by Gasteiger charge is -2.24. The molecule has 1 nitrogen and oxygen atoms in total. The number of hydrogen-bond acceptors (Lipinski definition) is 1. The summed E-state index contributed by atoms with van der Waals surface area (Å²) < 4.78 is 0. The normalized spacial score (nSPS) is 12.5. The van der Waals surface area contributed by atoms with Gasteiger partial charge in [-0.05, 0) is 24.8 Å². The van der Waals surface area contributed by atoms with Gasteiger partial charge in [0.1, 0.15) is 0 Å². The summed E-state index contributed by atoms with van der Waals surface area (Å²) >= 11 is 0. The highest BCUT2D eigenvalue weighted by molar-refractivity contribution is 4.69. The van der Waals surface area contributed by atoms with Crippen molar-refractivity contribution in [2.24, 2.45) is 5.41 Å². The average molecular weight is 171 g/mol. The van der Waals surface area contributed by atoms with Gasteiger partial charge in [-0.15, -0.1) is 0 Å². The smallest absolute Gasteiger partial charge is 0.00103 e. The summed E-state index contributed by atoms with van der Waals surface area (Å²) in [6.45, 7) is 12.5. The van der Waals surface area contributed by atoms with Gasteiger partial charge in [0.2, 0.25) is 0 Å². The topological polar surface area (TPSA) is 12.0 Å². The fourth-order valence-corrected chi connectivity index (χ4v) is 1.50. The molecule has 0 bridgehead atoms. The molecule has 0 aromatic carbocycles. The molecule has 1 N–H and O–H groups in total. The van der Waals surface area contributed by atoms with Crippen LogP contribution < -0.4 is 5.32 Å². The molecule has 0 unspecified atom stereocenters. The maximum absolute atomic E-state index is 3.46. The van der Waals surface area contributed by atoms with Gasteiger partial charge < -0.3 is 5.32 Å². The first-order valence-electron chi connectivity index (χ1n) is 5.21. The Morgan fingerprint density at radius 3 is 2.17 bits per heavy atom. The zero-order valence-electron chi connectivity index (χ0n) is 9.41. The highest BCUT2D eigenvalue weighted by Gasteiger charge is 2.15. The van der Waals surface area contributed by atoms with Gasteiger partial charge in [0.15, 0.2) is 0 Å². The fourth-order valence-electron chi connectivity index (χ4n) is 1.50. The molecule has 0 radical (unpaired) electrons. The quantitative estimate of drug-likeness (QED) is 0.647. The van der Waals surface area contributed by atoms with Gasteiger partial charge >= 0.3 is 0 Å². The van der Waals surface area contributed by atoms with Crippen molar-refractivity contribution in [2.75, 3.05) is 6.54 Å². The standard InChI is InChI=1S/C11H25N/c1-6-7-11(4,5)8-9-12-10(2)3/h10,12H,6-9H2,1-5H3. The minimum absolute atomic E-state index is 0.524. The van der Waals surface area contributed by atoms with E-state index in [1.807, 2.05) is 0 Å². The van der Waals surface area contributed by atoms with Crippen LogP contribution >= 0.6 is 0 Å². The predicted octanol–water partition coefficient (Wildman–Crippen LogP) is 3.20. The van der Waals surface area contributed by atoms with E-state index < -0.39 is 0 Å². The Hall–Kier alpha value is -0.0400. The Morgan fingerprint density at radius 2 is 1.75 bits per heavy atom. The second-order valence-electron chi connectivity index (χ2n) is 4.77. The van der Waals surface area contributed by atoms with Crippen LogP contribution in [-0.2, 0) is 0 Å². The van der Waals surface area contributed by atoms with Crippen molar-refractivity contribution in [1.82, 2.24) is 5.32 Å². The molecule has 0 atom stereocenters. The summed E-state index contributed by atoms with van der Waals surface area (Å²) in [6, 6.07) is 0.627. The minimum atomic E-state index is 0.524. The molecule has 0 saturated heterocycles. The van der Waals surface area contributed by atoms with E-state index in [4.69, 9.17) is 0 Å². The number of nitrogens with one attached hydrogen (secondary N) is 1. The van der Waals surface area contributed by atoms with Gasteiger partial charge in [0.25, 0.3) is 0 Å². The van der Waals surface area contributed by atoms with Crippen LogP contribution in [0.15, 0.2) is 0 Å². The molecule has 74 valence electrons. The molecule has 0 aromatic heterocycles. The van der Waals surface area contributed by atoms with Crippen molar-refractivity contribution in [3.63, 3.8) is 0 Å². The first-order chi connectivity index (χ1) is 5.48. The lowest BCUT2D eigenvalue weighted by Crippen LogP contribution is -2.27. The highest BCUT2D eigenvalue weighted by atomic mass is 14.9. The third kappa shape index (κ3) is 6.66. The molecule has 0 aliphatic heterocycles. The lowest BCUT2D eigenvalue weighted by molar-refractivity contribution is 0.295. The molecule has 12 heavy (non-hydrogen) atoms. The van der Waals surface area contributed by atoms with Crippen LogP contribution in [0.25, 0.3) is 0 Å². The third-order valence-electron chi connectivity index (χ3n) is 2.28. The maximum atomic E-state index is 3.46. The van der Waals surface area contributed by atoms with E-state index in [0.717, 1.165) is 6.54 Å². The summed E-state index contributed by atoms with van der Waals surface area (Å²) in [5.41, 5.74) is 0.524. The average Bonchev–Trinajstić information content (AvgIpc) is 1.85. The molecule has 0 rings (SSSR count). The van der Waals surface area contributed by atoms with E-state index in [0.29, 0.717) is 11.5 Å². The second-order valence-corrected chi connectivity index (χ2v) is 4.77. The molecule has 0 fully saturated rings. The van der Waals surface area contributed by atoms with Gasteiger partial charge in [0.05, 0.1) is 0 Å². The van der Waals surface area contributed by atoms with Gasteiger partial charge in [-0.1, -0.05) is 41.0 Å². The van der Waals surface area contributed by atoms with Gasteiger partial charge in [-0.3, -0.25) is 0 Å². The third-order valence-corrected chi connectivity index (χ3v) is 2.28. The van der Waals surface area contributed by atoms with Crippen molar-refractivity contribution in [3.05, 3.63) is 0 Å². The van der Waals surface area contributed by atoms with Crippen LogP contribution in [0.5, 0.6) is 0 Å². The molecule has 0 saturated carbocycles. The zero-order valence-corrected chi connectivity index (χ0v) is 9.41. The Bertz CT molecular complexity index is 106. The van der Waals surface area contributed by atoms with Crippen molar-refractivity contribution in [3.8, 4) is 0 Å². The molecule has 0 amide bonds. The minimum Gasteiger partial charge on any atom is -0.315 e. The van der Waals surface area contributed by atoms with E-state index in [1.54, 1.807) is 0 Å². The molecule has 0 spiro atoms. The maximum Gasteiger partial charge on any atom is 0.00103 e.